The zero-order valence-corrected chi connectivity index (χ0v) is 14.0. The Balaban J connectivity index is 2.16. The number of aromatic amines is 1. The Kier molecular flexibility index (Phi) is 4.44. The molecule has 23 heavy (non-hydrogen) atoms. The molecule has 2 aromatic carbocycles. The molecule has 1 atom stereocenters. The van der Waals surface area contributed by atoms with Crippen LogP contribution in [-0.4, -0.2) is 15.1 Å². The summed E-state index contributed by atoms with van der Waals surface area (Å²) in [6.45, 7) is 1.93. The number of halogens is 2. The van der Waals surface area contributed by atoms with Crippen LogP contribution in [0, 0.1) is 0 Å². The minimum absolute atomic E-state index is 0.292. The summed E-state index contributed by atoms with van der Waals surface area (Å²) in [6.07, 6.45) is 3.42. The summed E-state index contributed by atoms with van der Waals surface area (Å²) in [7, 11) is 0. The molecule has 0 amide bonds. The van der Waals surface area contributed by atoms with Gasteiger partial charge in [-0.05, 0) is 35.4 Å². The summed E-state index contributed by atoms with van der Waals surface area (Å²) in [5.41, 5.74) is 0.230. The predicted octanol–water partition coefficient (Wildman–Crippen LogP) is 4.76. The van der Waals surface area contributed by atoms with Gasteiger partial charge in [-0.3, -0.25) is 0 Å². The number of nitrogens with one attached hydrogen (secondary N) is 1. The summed E-state index contributed by atoms with van der Waals surface area (Å²) in [6, 6.07) is 14.4. The molecule has 0 spiro atoms. The number of aliphatic hydroxyl groups is 1. The van der Waals surface area contributed by atoms with E-state index in [1.165, 1.54) is 0 Å². The van der Waals surface area contributed by atoms with Gasteiger partial charge in [-0.1, -0.05) is 54.4 Å². The zero-order chi connectivity index (χ0) is 16.4. The second-order valence-electron chi connectivity index (χ2n) is 5.48. The summed E-state index contributed by atoms with van der Waals surface area (Å²) in [4.78, 5) is 7.38. The van der Waals surface area contributed by atoms with Crippen molar-refractivity contribution in [1.82, 2.24) is 9.97 Å². The Morgan fingerprint density at radius 1 is 0.957 bits per heavy atom. The van der Waals surface area contributed by atoms with Gasteiger partial charge < -0.3 is 10.1 Å². The molecule has 3 aromatic rings. The lowest BCUT2D eigenvalue weighted by Gasteiger charge is -2.34. The standard InChI is InChI=1S/C18H16Cl2N2O/c1-12(17-21-10-11-22-17)18(23,13-2-6-15(19)7-3-13)14-4-8-16(20)9-5-14/h2-12,23H,1H3,(H,21,22). The fourth-order valence-corrected chi connectivity index (χ4v) is 3.04. The molecular formula is C18H16Cl2N2O. The zero-order valence-electron chi connectivity index (χ0n) is 12.5. The monoisotopic (exact) mass is 346 g/mol. The van der Waals surface area contributed by atoms with Gasteiger partial charge in [0.1, 0.15) is 11.4 Å². The van der Waals surface area contributed by atoms with Gasteiger partial charge in [0, 0.05) is 22.4 Å². The Hall–Kier alpha value is -1.81. The Morgan fingerprint density at radius 3 is 1.83 bits per heavy atom. The number of nitrogens with zero attached hydrogens (tertiary/aromatic N) is 1. The molecule has 0 fully saturated rings. The van der Waals surface area contributed by atoms with E-state index in [1.54, 1.807) is 36.7 Å². The smallest absolute Gasteiger partial charge is 0.124 e. The first-order valence-corrected chi connectivity index (χ1v) is 8.01. The third-order valence-corrected chi connectivity index (χ3v) is 4.63. The summed E-state index contributed by atoms with van der Waals surface area (Å²) >= 11 is 12.0. The average Bonchev–Trinajstić information content (AvgIpc) is 3.09. The number of aromatic nitrogens is 2. The van der Waals surface area contributed by atoms with Crippen molar-refractivity contribution in [3.63, 3.8) is 0 Å². The predicted molar refractivity (Wildman–Crippen MR) is 92.9 cm³/mol. The van der Waals surface area contributed by atoms with E-state index in [-0.39, 0.29) is 5.92 Å². The second-order valence-corrected chi connectivity index (χ2v) is 6.35. The molecule has 0 aliphatic rings. The van der Waals surface area contributed by atoms with Gasteiger partial charge in [0.2, 0.25) is 0 Å². The minimum atomic E-state index is -1.26. The molecular weight excluding hydrogens is 331 g/mol. The molecule has 0 aliphatic heterocycles. The number of benzene rings is 2. The molecule has 3 nitrogen and oxygen atoms in total. The van der Waals surface area contributed by atoms with Crippen molar-refractivity contribution in [3.05, 3.63) is 87.9 Å². The van der Waals surface area contributed by atoms with Crippen LogP contribution in [0.2, 0.25) is 10.0 Å². The number of hydrogen-bond donors (Lipinski definition) is 2. The molecule has 5 heteroatoms. The first-order chi connectivity index (χ1) is 11.0. The van der Waals surface area contributed by atoms with Crippen LogP contribution in [0.5, 0.6) is 0 Å². The summed E-state index contributed by atoms with van der Waals surface area (Å²) < 4.78 is 0. The average molecular weight is 347 g/mol. The molecule has 0 radical (unpaired) electrons. The van der Waals surface area contributed by atoms with E-state index >= 15 is 0 Å². The highest BCUT2D eigenvalue weighted by molar-refractivity contribution is 6.30. The van der Waals surface area contributed by atoms with Crippen molar-refractivity contribution in [2.24, 2.45) is 0 Å². The van der Waals surface area contributed by atoms with Crippen molar-refractivity contribution in [3.8, 4) is 0 Å². The maximum absolute atomic E-state index is 11.6. The normalized spacial score (nSPS) is 13.0. The van der Waals surface area contributed by atoms with Gasteiger partial charge in [-0.15, -0.1) is 0 Å². The Bertz CT molecular complexity index is 722. The van der Waals surface area contributed by atoms with E-state index < -0.39 is 5.60 Å². The molecule has 1 unspecified atom stereocenters. The lowest BCUT2D eigenvalue weighted by Crippen LogP contribution is -2.34. The molecule has 1 heterocycles. The van der Waals surface area contributed by atoms with Crippen molar-refractivity contribution >= 4 is 23.2 Å². The van der Waals surface area contributed by atoms with Crippen LogP contribution in [-0.2, 0) is 5.60 Å². The Labute approximate surface area is 144 Å². The third-order valence-electron chi connectivity index (χ3n) is 4.12. The fourth-order valence-electron chi connectivity index (χ4n) is 2.79. The van der Waals surface area contributed by atoms with Crippen molar-refractivity contribution < 1.29 is 5.11 Å². The van der Waals surface area contributed by atoms with E-state index in [4.69, 9.17) is 23.2 Å². The van der Waals surface area contributed by atoms with Crippen molar-refractivity contribution in [1.29, 1.82) is 0 Å². The van der Waals surface area contributed by atoms with Crippen LogP contribution in [0.1, 0.15) is 29.8 Å². The Morgan fingerprint density at radius 2 is 1.43 bits per heavy atom. The first kappa shape index (κ1) is 16.1. The van der Waals surface area contributed by atoms with Crippen LogP contribution in [0.15, 0.2) is 60.9 Å². The highest BCUT2D eigenvalue weighted by Gasteiger charge is 2.39. The van der Waals surface area contributed by atoms with E-state index in [2.05, 4.69) is 9.97 Å². The van der Waals surface area contributed by atoms with Gasteiger partial charge in [0.05, 0.1) is 5.92 Å². The maximum atomic E-state index is 11.6. The van der Waals surface area contributed by atoms with Crippen molar-refractivity contribution in [2.45, 2.75) is 18.4 Å². The second kappa shape index (κ2) is 6.36. The summed E-state index contributed by atoms with van der Waals surface area (Å²) in [5.74, 6) is 0.414. The van der Waals surface area contributed by atoms with Crippen molar-refractivity contribution in [2.75, 3.05) is 0 Å². The molecule has 0 saturated carbocycles. The van der Waals surface area contributed by atoms with Gasteiger partial charge >= 0.3 is 0 Å². The van der Waals surface area contributed by atoms with Gasteiger partial charge in [0.25, 0.3) is 0 Å². The van der Waals surface area contributed by atoms with E-state index in [9.17, 15) is 5.11 Å². The topological polar surface area (TPSA) is 48.9 Å². The minimum Gasteiger partial charge on any atom is -0.380 e. The quantitative estimate of drug-likeness (QED) is 0.715. The summed E-state index contributed by atoms with van der Waals surface area (Å²) in [5, 5.41) is 12.9. The maximum Gasteiger partial charge on any atom is 0.124 e. The van der Waals surface area contributed by atoms with E-state index in [0.717, 1.165) is 11.1 Å². The van der Waals surface area contributed by atoms with Gasteiger partial charge in [0.15, 0.2) is 0 Å². The number of H-pyrrole nitrogens is 1. The number of imidazole rings is 1. The highest BCUT2D eigenvalue weighted by atomic mass is 35.5. The van der Waals surface area contributed by atoms with Crippen LogP contribution in [0.4, 0.5) is 0 Å². The largest absolute Gasteiger partial charge is 0.380 e. The van der Waals surface area contributed by atoms with E-state index in [1.807, 2.05) is 31.2 Å². The van der Waals surface area contributed by atoms with Gasteiger partial charge in [-0.25, -0.2) is 4.98 Å². The van der Waals surface area contributed by atoms with E-state index in [0.29, 0.717) is 15.9 Å². The van der Waals surface area contributed by atoms with Crippen LogP contribution in [0.3, 0.4) is 0 Å². The molecule has 0 bridgehead atoms. The number of rotatable bonds is 4. The first-order valence-electron chi connectivity index (χ1n) is 7.25. The van der Waals surface area contributed by atoms with Crippen LogP contribution < -0.4 is 0 Å². The SMILES string of the molecule is CC(c1ncc[nH]1)C(O)(c1ccc(Cl)cc1)c1ccc(Cl)cc1. The molecule has 1 aromatic heterocycles. The molecule has 3 rings (SSSR count). The highest BCUT2D eigenvalue weighted by Crippen LogP contribution is 2.41. The lowest BCUT2D eigenvalue weighted by atomic mass is 9.76. The molecule has 0 saturated heterocycles. The molecule has 0 aliphatic carbocycles. The van der Waals surface area contributed by atoms with Crippen LogP contribution in [0.25, 0.3) is 0 Å². The number of hydrogen-bond acceptors (Lipinski definition) is 2. The third kappa shape index (κ3) is 3.00. The van der Waals surface area contributed by atoms with Crippen LogP contribution >= 0.6 is 23.2 Å². The molecule has 2 N–H and O–H groups in total. The van der Waals surface area contributed by atoms with Gasteiger partial charge in [-0.2, -0.15) is 0 Å². The fraction of sp³-hybridized carbons (Fsp3) is 0.167. The molecule has 118 valence electrons. The lowest BCUT2D eigenvalue weighted by molar-refractivity contribution is 0.0528.